The van der Waals surface area contributed by atoms with E-state index in [-0.39, 0.29) is 0 Å². The third kappa shape index (κ3) is 6.19. The summed E-state index contributed by atoms with van der Waals surface area (Å²) in [5.41, 5.74) is 0.372. The van der Waals surface area contributed by atoms with Gasteiger partial charge in [0.15, 0.2) is 0 Å². The van der Waals surface area contributed by atoms with Crippen LogP contribution in [0.1, 0.15) is 27.7 Å². The molecule has 16 heavy (non-hydrogen) atoms. The van der Waals surface area contributed by atoms with E-state index >= 15 is 0 Å². The van der Waals surface area contributed by atoms with Gasteiger partial charge in [-0.05, 0) is 17.5 Å². The summed E-state index contributed by atoms with van der Waals surface area (Å²) in [7, 11) is 0. The Labute approximate surface area is 104 Å². The van der Waals surface area contributed by atoms with Gasteiger partial charge in [0.2, 0.25) is 0 Å². The van der Waals surface area contributed by atoms with Gasteiger partial charge in [0, 0.05) is 23.2 Å². The van der Waals surface area contributed by atoms with Crippen molar-refractivity contribution in [3.05, 3.63) is 30.3 Å². The smallest absolute Gasteiger partial charge is 0.0191 e. The highest BCUT2D eigenvalue weighted by Gasteiger charge is 2.10. The molecule has 1 atom stereocenters. The fraction of sp³-hybridized carbons (Fsp3) is 0.571. The molecule has 0 fully saturated rings. The fourth-order valence-electron chi connectivity index (χ4n) is 1.42. The molecule has 0 radical (unpaired) electrons. The van der Waals surface area contributed by atoms with Crippen LogP contribution in [0.5, 0.6) is 0 Å². The largest absolute Gasteiger partial charge is 0.315 e. The Bertz CT molecular complexity index is 289. The fourth-order valence-corrected chi connectivity index (χ4v) is 2.40. The second kappa shape index (κ2) is 6.31. The van der Waals surface area contributed by atoms with Crippen LogP contribution in [-0.4, -0.2) is 18.3 Å². The summed E-state index contributed by atoms with van der Waals surface area (Å²) in [5, 5.41) is 4.14. The molecule has 1 N–H and O–H groups in total. The predicted molar refractivity (Wildman–Crippen MR) is 74.1 cm³/mol. The molecule has 0 bridgehead atoms. The molecule has 1 aromatic rings. The lowest BCUT2D eigenvalue weighted by molar-refractivity contribution is 0.382. The minimum Gasteiger partial charge on any atom is -0.315 e. The quantitative estimate of drug-likeness (QED) is 0.782. The molecule has 1 nitrogen and oxygen atoms in total. The summed E-state index contributed by atoms with van der Waals surface area (Å²) >= 11 is 1.93. The lowest BCUT2D eigenvalue weighted by Gasteiger charge is -2.20. The Hall–Kier alpha value is -0.470. The Morgan fingerprint density at radius 3 is 2.38 bits per heavy atom. The first-order valence-corrected chi connectivity index (χ1v) is 6.78. The van der Waals surface area contributed by atoms with Crippen LogP contribution in [0, 0.1) is 5.41 Å². The normalized spacial score (nSPS) is 13.8. The third-order valence-corrected chi connectivity index (χ3v) is 3.28. The van der Waals surface area contributed by atoms with Crippen molar-refractivity contribution in [2.75, 3.05) is 13.1 Å². The Morgan fingerprint density at radius 1 is 1.19 bits per heavy atom. The van der Waals surface area contributed by atoms with Crippen LogP contribution in [0.3, 0.4) is 0 Å². The summed E-state index contributed by atoms with van der Waals surface area (Å²) in [6.45, 7) is 11.2. The predicted octanol–water partition coefficient (Wildman–Crippen LogP) is 3.80. The van der Waals surface area contributed by atoms with E-state index in [0.717, 1.165) is 13.1 Å². The van der Waals surface area contributed by atoms with Crippen molar-refractivity contribution in [2.24, 2.45) is 5.41 Å². The molecular formula is C14H23NS. The van der Waals surface area contributed by atoms with E-state index in [2.05, 4.69) is 63.3 Å². The van der Waals surface area contributed by atoms with E-state index in [9.17, 15) is 0 Å². The van der Waals surface area contributed by atoms with E-state index in [1.54, 1.807) is 0 Å². The average molecular weight is 237 g/mol. The van der Waals surface area contributed by atoms with Crippen LogP contribution in [0.15, 0.2) is 35.2 Å². The molecule has 90 valence electrons. The summed E-state index contributed by atoms with van der Waals surface area (Å²) in [6.07, 6.45) is 0. The van der Waals surface area contributed by atoms with Gasteiger partial charge in [-0.25, -0.2) is 0 Å². The molecule has 0 spiro atoms. The molecule has 0 aromatic heterocycles. The van der Waals surface area contributed by atoms with Gasteiger partial charge < -0.3 is 5.32 Å². The van der Waals surface area contributed by atoms with Crippen molar-refractivity contribution in [1.82, 2.24) is 5.32 Å². The Kier molecular flexibility index (Phi) is 5.36. The number of rotatable bonds is 5. The van der Waals surface area contributed by atoms with Crippen LogP contribution in [0.25, 0.3) is 0 Å². The molecule has 0 saturated carbocycles. The van der Waals surface area contributed by atoms with E-state index in [1.165, 1.54) is 4.90 Å². The zero-order chi connectivity index (χ0) is 12.0. The Balaban J connectivity index is 2.24. The number of thioether (sulfide) groups is 1. The van der Waals surface area contributed by atoms with Gasteiger partial charge in [-0.1, -0.05) is 45.9 Å². The highest BCUT2D eigenvalue weighted by atomic mass is 32.2. The highest BCUT2D eigenvalue weighted by Crippen LogP contribution is 2.22. The molecule has 0 aliphatic rings. The summed E-state index contributed by atoms with van der Waals surface area (Å²) in [6, 6.07) is 10.6. The second-order valence-electron chi connectivity index (χ2n) is 5.43. The second-order valence-corrected chi connectivity index (χ2v) is 6.94. The monoisotopic (exact) mass is 237 g/mol. The van der Waals surface area contributed by atoms with Crippen molar-refractivity contribution >= 4 is 11.8 Å². The Morgan fingerprint density at radius 2 is 1.81 bits per heavy atom. The topological polar surface area (TPSA) is 12.0 Å². The number of hydrogen-bond acceptors (Lipinski definition) is 2. The average Bonchev–Trinajstić information content (AvgIpc) is 2.17. The maximum Gasteiger partial charge on any atom is 0.0191 e. The first-order valence-electron chi connectivity index (χ1n) is 5.90. The van der Waals surface area contributed by atoms with Crippen LogP contribution in [0.4, 0.5) is 0 Å². The van der Waals surface area contributed by atoms with E-state index in [0.29, 0.717) is 10.7 Å². The van der Waals surface area contributed by atoms with Gasteiger partial charge in [-0.2, -0.15) is 0 Å². The van der Waals surface area contributed by atoms with Gasteiger partial charge in [-0.3, -0.25) is 0 Å². The van der Waals surface area contributed by atoms with Gasteiger partial charge in [0.1, 0.15) is 0 Å². The lowest BCUT2D eigenvalue weighted by atomic mass is 9.97. The van der Waals surface area contributed by atoms with Crippen LogP contribution >= 0.6 is 11.8 Å². The van der Waals surface area contributed by atoms with Crippen LogP contribution in [-0.2, 0) is 0 Å². The minimum atomic E-state index is 0.372. The summed E-state index contributed by atoms with van der Waals surface area (Å²) < 4.78 is 0. The maximum absolute atomic E-state index is 3.52. The number of benzene rings is 1. The molecule has 0 saturated heterocycles. The molecule has 0 aliphatic heterocycles. The molecular weight excluding hydrogens is 214 g/mol. The van der Waals surface area contributed by atoms with E-state index < -0.39 is 0 Å². The zero-order valence-corrected chi connectivity index (χ0v) is 11.6. The molecule has 1 unspecified atom stereocenters. The summed E-state index contributed by atoms with van der Waals surface area (Å²) in [4.78, 5) is 1.35. The highest BCUT2D eigenvalue weighted by molar-refractivity contribution is 8.00. The third-order valence-electron chi connectivity index (χ3n) is 2.17. The SMILES string of the molecule is CC(CNCC(C)(C)C)Sc1ccccc1. The van der Waals surface area contributed by atoms with E-state index in [1.807, 2.05) is 11.8 Å². The number of nitrogens with one attached hydrogen (secondary N) is 1. The van der Waals surface area contributed by atoms with Gasteiger partial charge >= 0.3 is 0 Å². The van der Waals surface area contributed by atoms with Crippen LogP contribution < -0.4 is 5.32 Å². The molecule has 1 rings (SSSR count). The van der Waals surface area contributed by atoms with Crippen molar-refractivity contribution in [2.45, 2.75) is 37.8 Å². The van der Waals surface area contributed by atoms with Crippen molar-refractivity contribution in [1.29, 1.82) is 0 Å². The van der Waals surface area contributed by atoms with Gasteiger partial charge in [0.25, 0.3) is 0 Å². The number of hydrogen-bond donors (Lipinski definition) is 1. The zero-order valence-electron chi connectivity index (χ0n) is 10.8. The van der Waals surface area contributed by atoms with E-state index in [4.69, 9.17) is 0 Å². The van der Waals surface area contributed by atoms with Crippen molar-refractivity contribution in [3.8, 4) is 0 Å². The van der Waals surface area contributed by atoms with Gasteiger partial charge in [-0.15, -0.1) is 11.8 Å². The van der Waals surface area contributed by atoms with Crippen molar-refractivity contribution < 1.29 is 0 Å². The molecule has 0 heterocycles. The van der Waals surface area contributed by atoms with Crippen LogP contribution in [0.2, 0.25) is 0 Å². The first-order chi connectivity index (χ1) is 7.47. The maximum atomic E-state index is 3.52. The molecule has 0 aliphatic carbocycles. The minimum absolute atomic E-state index is 0.372. The first kappa shape index (κ1) is 13.6. The molecule has 2 heteroatoms. The standard InChI is InChI=1S/C14H23NS/c1-12(10-15-11-14(2,3)4)16-13-8-6-5-7-9-13/h5-9,12,15H,10-11H2,1-4H3. The molecule has 1 aromatic carbocycles. The lowest BCUT2D eigenvalue weighted by Crippen LogP contribution is -2.31. The summed E-state index contributed by atoms with van der Waals surface area (Å²) in [5.74, 6) is 0. The van der Waals surface area contributed by atoms with Crippen molar-refractivity contribution in [3.63, 3.8) is 0 Å². The van der Waals surface area contributed by atoms with Gasteiger partial charge in [0.05, 0.1) is 0 Å². The molecule has 0 amide bonds.